The van der Waals surface area contributed by atoms with Gasteiger partial charge in [-0.25, -0.2) is 4.39 Å². The molecule has 0 saturated carbocycles. The second-order valence-corrected chi connectivity index (χ2v) is 10.4. The number of amides is 2. The summed E-state index contributed by atoms with van der Waals surface area (Å²) in [4.78, 5) is 50.3. The molecule has 39 heavy (non-hydrogen) atoms. The van der Waals surface area contributed by atoms with Crippen LogP contribution in [0.4, 0.5) is 4.39 Å². The number of fused-ring (bicyclic) bond motifs is 1. The Kier molecular flexibility index (Phi) is 10.5. The van der Waals surface area contributed by atoms with Crippen molar-refractivity contribution >= 4 is 47.6 Å². The smallest absolute Gasteiger partial charge is 0.325 e. The number of nitrogens with one attached hydrogen (secondary N) is 2. The first-order valence-electron chi connectivity index (χ1n) is 12.0. The van der Waals surface area contributed by atoms with Gasteiger partial charge in [-0.1, -0.05) is 25.4 Å². The first kappa shape index (κ1) is 32.0. The van der Waals surface area contributed by atoms with Gasteiger partial charge in [-0.2, -0.15) is 0 Å². The monoisotopic (exact) mass is 583 g/mol. The molecule has 1 heterocycles. The predicted molar refractivity (Wildman–Crippen MR) is 146 cm³/mol. The minimum Gasteiger partial charge on any atom is -0.484 e. The van der Waals surface area contributed by atoms with Gasteiger partial charge in [0.2, 0.25) is 5.91 Å². The second-order valence-electron chi connectivity index (χ2n) is 9.99. The maximum absolute atomic E-state index is 13.7. The zero-order valence-electron chi connectivity index (χ0n) is 22.2. The van der Waals surface area contributed by atoms with Gasteiger partial charge < -0.3 is 25.8 Å². The predicted octanol–water partition coefficient (Wildman–Crippen LogP) is 3.76. The highest BCUT2D eigenvalue weighted by molar-refractivity contribution is 6.31. The summed E-state index contributed by atoms with van der Waals surface area (Å²) in [7, 11) is 0. The number of rotatable bonds is 8. The molecule has 4 N–H and O–H groups in total. The first-order valence-corrected chi connectivity index (χ1v) is 12.4. The van der Waals surface area contributed by atoms with Gasteiger partial charge in [0.05, 0.1) is 17.1 Å². The van der Waals surface area contributed by atoms with E-state index in [2.05, 4.69) is 10.6 Å². The standard InChI is InChI=1S/C27H31ClFN3O6.ClH/c1-13(2)22(30)26(36)31-12-21(34)37-24-23(32-25(35)16-6-8-19(29)18(28)11-16)17-10-15(14(3)33)7-9-20(17)38-27(24,4)5;/h6-11,13,22-24H,12,30H2,1-5H3,(H,31,36)(H,32,35);1H/t22-,23-,24-;/m0./s1. The Morgan fingerprint density at radius 2 is 1.77 bits per heavy atom. The number of hydrogen-bond acceptors (Lipinski definition) is 7. The van der Waals surface area contributed by atoms with E-state index in [1.54, 1.807) is 45.9 Å². The lowest BCUT2D eigenvalue weighted by atomic mass is 9.85. The molecule has 212 valence electrons. The molecule has 2 amide bonds. The molecule has 1 aliphatic heterocycles. The van der Waals surface area contributed by atoms with Crippen molar-refractivity contribution in [3.63, 3.8) is 0 Å². The molecule has 2 aromatic rings. The molecule has 12 heteroatoms. The van der Waals surface area contributed by atoms with Gasteiger partial charge in [0.25, 0.3) is 5.91 Å². The third-order valence-corrected chi connectivity index (χ3v) is 6.56. The summed E-state index contributed by atoms with van der Waals surface area (Å²) < 4.78 is 25.5. The molecule has 0 spiro atoms. The first-order chi connectivity index (χ1) is 17.7. The summed E-state index contributed by atoms with van der Waals surface area (Å²) in [6, 6.07) is 6.49. The van der Waals surface area contributed by atoms with Crippen LogP contribution in [0.5, 0.6) is 5.75 Å². The average molecular weight is 584 g/mol. The van der Waals surface area contributed by atoms with E-state index in [1.165, 1.54) is 19.1 Å². The molecule has 0 unspecified atom stereocenters. The summed E-state index contributed by atoms with van der Waals surface area (Å²) in [5, 5.41) is 5.04. The van der Waals surface area contributed by atoms with Crippen LogP contribution in [0.2, 0.25) is 5.02 Å². The number of halogens is 3. The number of benzene rings is 2. The number of ether oxygens (including phenoxy) is 2. The van der Waals surface area contributed by atoms with Crippen LogP contribution in [-0.2, 0) is 14.3 Å². The van der Waals surface area contributed by atoms with E-state index in [4.69, 9.17) is 26.8 Å². The Hall–Kier alpha value is -3.21. The summed E-state index contributed by atoms with van der Waals surface area (Å²) in [5.41, 5.74) is 5.52. The van der Waals surface area contributed by atoms with E-state index in [1.807, 2.05) is 0 Å². The molecule has 0 aromatic heterocycles. The van der Waals surface area contributed by atoms with Crippen LogP contribution in [-0.4, -0.2) is 47.9 Å². The normalized spacial score (nSPS) is 18.1. The minimum absolute atomic E-state index is 0. The number of nitrogens with two attached hydrogens (primary N) is 1. The number of carbonyl (C=O) groups is 4. The Balaban J connectivity index is 0.00000533. The molecule has 3 rings (SSSR count). The van der Waals surface area contributed by atoms with Crippen LogP contribution in [0.3, 0.4) is 0 Å². The van der Waals surface area contributed by atoms with E-state index in [-0.39, 0.29) is 34.7 Å². The highest BCUT2D eigenvalue weighted by atomic mass is 35.5. The van der Waals surface area contributed by atoms with Crippen LogP contribution in [0.25, 0.3) is 0 Å². The summed E-state index contributed by atoms with van der Waals surface area (Å²) in [6.45, 7) is 7.84. The molecule has 3 atom stereocenters. The van der Waals surface area contributed by atoms with Gasteiger partial charge in [0.1, 0.15) is 23.7 Å². The lowest BCUT2D eigenvalue weighted by Gasteiger charge is -2.44. The SMILES string of the molecule is CC(=O)c1ccc2c(c1)[C@H](NC(=O)c1ccc(F)c(Cl)c1)[C@H](OC(=O)CNC(=O)[C@@H](N)C(C)C)C(C)(C)O2.Cl. The van der Waals surface area contributed by atoms with Gasteiger partial charge in [0, 0.05) is 16.7 Å². The van der Waals surface area contributed by atoms with Gasteiger partial charge in [-0.3, -0.25) is 19.2 Å². The molecule has 0 saturated heterocycles. The number of esters is 1. The Bertz CT molecular complexity index is 1270. The molecule has 0 bridgehead atoms. The molecule has 0 radical (unpaired) electrons. The quantitative estimate of drug-likeness (QED) is 0.318. The number of carbonyl (C=O) groups excluding carboxylic acids is 4. The van der Waals surface area contributed by atoms with Crippen LogP contribution in [0.15, 0.2) is 36.4 Å². The molecule has 9 nitrogen and oxygen atoms in total. The van der Waals surface area contributed by atoms with Crippen molar-refractivity contribution in [2.45, 2.75) is 58.4 Å². The maximum atomic E-state index is 13.7. The van der Waals surface area contributed by atoms with Crippen molar-refractivity contribution in [2.24, 2.45) is 11.7 Å². The highest BCUT2D eigenvalue weighted by Crippen LogP contribution is 2.42. The summed E-state index contributed by atoms with van der Waals surface area (Å²) in [6.07, 6.45) is -1.08. The van der Waals surface area contributed by atoms with E-state index in [0.29, 0.717) is 16.9 Å². The van der Waals surface area contributed by atoms with Crippen molar-refractivity contribution in [3.8, 4) is 5.75 Å². The van der Waals surface area contributed by atoms with E-state index in [9.17, 15) is 23.6 Å². The molecule has 0 aliphatic carbocycles. The van der Waals surface area contributed by atoms with Gasteiger partial charge in [-0.15, -0.1) is 12.4 Å². The lowest BCUT2D eigenvalue weighted by Crippen LogP contribution is -2.56. The van der Waals surface area contributed by atoms with Crippen molar-refractivity contribution in [2.75, 3.05) is 6.54 Å². The van der Waals surface area contributed by atoms with Crippen LogP contribution in [0, 0.1) is 11.7 Å². The largest absolute Gasteiger partial charge is 0.484 e. The average Bonchev–Trinajstić information content (AvgIpc) is 2.84. The Morgan fingerprint density at radius 1 is 1.13 bits per heavy atom. The fraction of sp³-hybridized carbons (Fsp3) is 0.407. The van der Waals surface area contributed by atoms with Crippen molar-refractivity contribution < 1.29 is 33.0 Å². The topological polar surface area (TPSA) is 137 Å². The third-order valence-electron chi connectivity index (χ3n) is 6.27. The molecule has 0 fully saturated rings. The maximum Gasteiger partial charge on any atom is 0.325 e. The molecule has 2 aromatic carbocycles. The number of Topliss-reactive ketones (excluding diaryl/α,β-unsaturated/α-hetero) is 1. The fourth-order valence-electron chi connectivity index (χ4n) is 4.00. The molecule has 1 aliphatic rings. The van der Waals surface area contributed by atoms with Crippen molar-refractivity contribution in [3.05, 3.63) is 63.9 Å². The van der Waals surface area contributed by atoms with Crippen molar-refractivity contribution in [1.82, 2.24) is 10.6 Å². The molecular weight excluding hydrogens is 552 g/mol. The Labute approximate surface area is 237 Å². The lowest BCUT2D eigenvalue weighted by molar-refractivity contribution is -0.164. The third kappa shape index (κ3) is 7.46. The van der Waals surface area contributed by atoms with E-state index in [0.717, 1.165) is 6.07 Å². The van der Waals surface area contributed by atoms with Gasteiger partial charge >= 0.3 is 5.97 Å². The van der Waals surface area contributed by atoms with Crippen LogP contribution >= 0.6 is 24.0 Å². The Morgan fingerprint density at radius 3 is 2.36 bits per heavy atom. The minimum atomic E-state index is -1.14. The van der Waals surface area contributed by atoms with Gasteiger partial charge in [0.15, 0.2) is 11.9 Å². The van der Waals surface area contributed by atoms with Crippen LogP contribution in [0.1, 0.15) is 66.9 Å². The van der Waals surface area contributed by atoms with Crippen molar-refractivity contribution in [1.29, 1.82) is 0 Å². The number of ketones is 1. The summed E-state index contributed by atoms with van der Waals surface area (Å²) >= 11 is 5.86. The fourth-order valence-corrected chi connectivity index (χ4v) is 4.18. The number of hydrogen-bond donors (Lipinski definition) is 3. The zero-order valence-corrected chi connectivity index (χ0v) is 23.7. The second kappa shape index (κ2) is 12.8. The van der Waals surface area contributed by atoms with Gasteiger partial charge in [-0.05, 0) is 63.1 Å². The van der Waals surface area contributed by atoms with E-state index >= 15 is 0 Å². The summed E-state index contributed by atoms with van der Waals surface area (Å²) in [5.74, 6) is -2.57. The zero-order chi connectivity index (χ0) is 28.4. The molecular formula is C27H32Cl2FN3O6. The van der Waals surface area contributed by atoms with E-state index < -0.39 is 53.9 Å². The highest BCUT2D eigenvalue weighted by Gasteiger charge is 2.47. The van der Waals surface area contributed by atoms with Crippen LogP contribution < -0.4 is 21.1 Å².